The third-order valence-corrected chi connectivity index (χ3v) is 3.98. The number of carbonyl (C=O) groups excluding carboxylic acids is 1. The van der Waals surface area contributed by atoms with Gasteiger partial charge in [0, 0.05) is 18.7 Å². The molecule has 138 valence electrons. The van der Waals surface area contributed by atoms with Gasteiger partial charge in [0.05, 0.1) is 18.5 Å². The molecule has 0 aliphatic carbocycles. The number of anilines is 2. The number of benzene rings is 1. The molecule has 0 saturated heterocycles. The lowest BCUT2D eigenvalue weighted by molar-refractivity contribution is -0.140. The largest absolute Gasteiger partial charge is 0.469 e. The number of aromatic nitrogens is 2. The molecule has 0 amide bonds. The highest BCUT2D eigenvalue weighted by Gasteiger charge is 2.22. The number of hydrogen-bond donors (Lipinski definition) is 2. The molecule has 1 aliphatic heterocycles. The summed E-state index contributed by atoms with van der Waals surface area (Å²) in [6.07, 6.45) is 2.44. The lowest BCUT2D eigenvalue weighted by Gasteiger charge is -2.13. The summed E-state index contributed by atoms with van der Waals surface area (Å²) < 4.78 is 10.4. The van der Waals surface area contributed by atoms with Crippen LogP contribution in [0.2, 0.25) is 0 Å². The van der Waals surface area contributed by atoms with E-state index in [4.69, 9.17) is 4.74 Å². The predicted molar refractivity (Wildman–Crippen MR) is 99.6 cm³/mol. The number of allylic oxidation sites excluding steroid dienone is 1. The van der Waals surface area contributed by atoms with Crippen LogP contribution in [0.1, 0.15) is 25.5 Å². The summed E-state index contributed by atoms with van der Waals surface area (Å²) in [5.74, 6) is 1.10. The third-order valence-electron chi connectivity index (χ3n) is 3.98. The lowest BCUT2D eigenvalue weighted by Crippen LogP contribution is -2.19. The van der Waals surface area contributed by atoms with Crippen molar-refractivity contribution in [2.75, 3.05) is 17.7 Å². The maximum Gasteiger partial charge on any atom is 0.305 e. The molecule has 1 unspecified atom stereocenters. The van der Waals surface area contributed by atoms with Gasteiger partial charge in [0.1, 0.15) is 11.6 Å². The number of carbonyl (C=O) groups is 1. The molecule has 1 aliphatic rings. The Morgan fingerprint density at radius 2 is 2.22 bits per heavy atom. The van der Waals surface area contributed by atoms with Crippen LogP contribution in [-0.2, 0) is 9.53 Å². The van der Waals surface area contributed by atoms with Crippen LogP contribution in [-0.4, -0.2) is 29.1 Å². The Kier molecular flexibility index (Phi) is 5.52. The van der Waals surface area contributed by atoms with Crippen molar-refractivity contribution in [3.05, 3.63) is 48.1 Å². The van der Waals surface area contributed by atoms with Crippen molar-refractivity contribution >= 4 is 23.2 Å². The van der Waals surface area contributed by atoms with Gasteiger partial charge in [-0.15, -0.1) is 0 Å². The molecule has 0 fully saturated rings. The second-order valence-corrected chi connectivity index (χ2v) is 5.96. The average molecular weight is 365 g/mol. The summed E-state index contributed by atoms with van der Waals surface area (Å²) in [6, 6.07) is 11.2. The summed E-state index contributed by atoms with van der Waals surface area (Å²) in [5, 5.41) is 15.8. The molecule has 0 bridgehead atoms. The smallest absolute Gasteiger partial charge is 0.305 e. The molecule has 1 aromatic heterocycles. The van der Waals surface area contributed by atoms with Gasteiger partial charge in [-0.3, -0.25) is 4.79 Å². The Morgan fingerprint density at radius 3 is 2.96 bits per heavy atom. The standard InChI is InChI=1S/C19H19N5O3/c1-12(7-8-17(25)26-2)22-19-21-10-9-14(24-19)13(11-20)18-23-15-5-3-4-6-16(15)27-18/h3-6,9-10,12,23H,7-8H2,1-2H3,(H,21,22,24). The number of nitrogens with one attached hydrogen (secondary N) is 2. The number of rotatable bonds is 6. The van der Waals surface area contributed by atoms with E-state index in [1.54, 1.807) is 12.3 Å². The van der Waals surface area contributed by atoms with Crippen LogP contribution in [0.15, 0.2) is 42.4 Å². The van der Waals surface area contributed by atoms with Gasteiger partial charge in [0.15, 0.2) is 5.75 Å². The number of methoxy groups -OCH3 is 1. The number of para-hydroxylation sites is 2. The molecule has 1 atom stereocenters. The van der Waals surface area contributed by atoms with Crippen LogP contribution in [0, 0.1) is 11.3 Å². The molecule has 0 saturated carbocycles. The molecule has 1 aromatic carbocycles. The molecule has 3 rings (SSSR count). The Hall–Kier alpha value is -3.60. The maximum absolute atomic E-state index is 11.2. The van der Waals surface area contributed by atoms with Gasteiger partial charge in [-0.05, 0) is 31.5 Å². The van der Waals surface area contributed by atoms with Crippen molar-refractivity contribution in [3.8, 4) is 11.8 Å². The molecule has 2 heterocycles. The highest BCUT2D eigenvalue weighted by Crippen LogP contribution is 2.35. The van der Waals surface area contributed by atoms with Crippen molar-refractivity contribution in [1.82, 2.24) is 9.97 Å². The Morgan fingerprint density at radius 1 is 1.41 bits per heavy atom. The minimum absolute atomic E-state index is 0.0392. The number of ether oxygens (including phenoxy) is 2. The fraction of sp³-hybridized carbons (Fsp3) is 0.263. The van der Waals surface area contributed by atoms with Crippen molar-refractivity contribution < 1.29 is 14.3 Å². The molecule has 2 aromatic rings. The fourth-order valence-electron chi connectivity index (χ4n) is 2.55. The van der Waals surface area contributed by atoms with Crippen molar-refractivity contribution in [2.24, 2.45) is 0 Å². The van der Waals surface area contributed by atoms with Crippen LogP contribution in [0.5, 0.6) is 5.75 Å². The number of fused-ring (bicyclic) bond motifs is 1. The Labute approximate surface area is 156 Å². The fourth-order valence-corrected chi connectivity index (χ4v) is 2.55. The van der Waals surface area contributed by atoms with Gasteiger partial charge >= 0.3 is 5.97 Å². The first kappa shape index (κ1) is 18.2. The van der Waals surface area contributed by atoms with E-state index in [0.717, 1.165) is 5.69 Å². The van der Waals surface area contributed by atoms with Crippen LogP contribution < -0.4 is 15.4 Å². The average Bonchev–Trinajstić information content (AvgIpc) is 3.10. The van der Waals surface area contributed by atoms with Crippen LogP contribution in [0.4, 0.5) is 11.6 Å². The molecule has 8 heteroatoms. The zero-order valence-corrected chi connectivity index (χ0v) is 15.0. The van der Waals surface area contributed by atoms with Gasteiger partial charge in [-0.2, -0.15) is 5.26 Å². The maximum atomic E-state index is 11.2. The summed E-state index contributed by atoms with van der Waals surface area (Å²) in [6.45, 7) is 1.92. The zero-order chi connectivity index (χ0) is 19.2. The van der Waals surface area contributed by atoms with E-state index < -0.39 is 0 Å². The summed E-state index contributed by atoms with van der Waals surface area (Å²) in [5.41, 5.74) is 1.51. The molecule has 2 N–H and O–H groups in total. The topological polar surface area (TPSA) is 109 Å². The molecular formula is C19H19N5O3. The van der Waals surface area contributed by atoms with E-state index >= 15 is 0 Å². The predicted octanol–water partition coefficient (Wildman–Crippen LogP) is 2.93. The van der Waals surface area contributed by atoms with Crippen molar-refractivity contribution in [1.29, 1.82) is 5.26 Å². The second kappa shape index (κ2) is 8.19. The molecule has 8 nitrogen and oxygen atoms in total. The first-order valence-electron chi connectivity index (χ1n) is 8.45. The monoisotopic (exact) mass is 365 g/mol. The molecule has 27 heavy (non-hydrogen) atoms. The van der Waals surface area contributed by atoms with E-state index in [2.05, 4.69) is 31.4 Å². The van der Waals surface area contributed by atoms with Crippen LogP contribution >= 0.6 is 0 Å². The van der Waals surface area contributed by atoms with Crippen LogP contribution in [0.25, 0.3) is 5.57 Å². The molecule has 0 spiro atoms. The van der Waals surface area contributed by atoms with Crippen molar-refractivity contribution in [2.45, 2.75) is 25.8 Å². The highest BCUT2D eigenvalue weighted by molar-refractivity contribution is 5.81. The lowest BCUT2D eigenvalue weighted by atomic mass is 10.2. The Bertz CT molecular complexity index is 893. The third kappa shape index (κ3) is 4.33. The SMILES string of the molecule is COC(=O)CCC(C)Nc1nccc(C(C#N)=C2Nc3ccccc3O2)n1. The first-order valence-corrected chi connectivity index (χ1v) is 8.45. The quantitative estimate of drug-likeness (QED) is 0.594. The first-order chi connectivity index (χ1) is 13.1. The number of hydrogen-bond acceptors (Lipinski definition) is 8. The van der Waals surface area contributed by atoms with Crippen LogP contribution in [0.3, 0.4) is 0 Å². The van der Waals surface area contributed by atoms with Gasteiger partial charge in [-0.1, -0.05) is 12.1 Å². The summed E-state index contributed by atoms with van der Waals surface area (Å²) in [7, 11) is 1.36. The number of nitrogens with zero attached hydrogens (tertiary/aromatic N) is 3. The number of nitriles is 1. The van der Waals surface area contributed by atoms with E-state index in [0.29, 0.717) is 36.1 Å². The zero-order valence-electron chi connectivity index (χ0n) is 15.0. The van der Waals surface area contributed by atoms with E-state index in [1.165, 1.54) is 7.11 Å². The summed E-state index contributed by atoms with van der Waals surface area (Å²) >= 11 is 0. The van der Waals surface area contributed by atoms with E-state index in [-0.39, 0.29) is 17.6 Å². The normalized spacial score (nSPS) is 14.9. The van der Waals surface area contributed by atoms with E-state index in [9.17, 15) is 10.1 Å². The minimum Gasteiger partial charge on any atom is -0.469 e. The van der Waals surface area contributed by atoms with Gasteiger partial charge in [-0.25, -0.2) is 9.97 Å². The van der Waals surface area contributed by atoms with Gasteiger partial charge in [0.2, 0.25) is 11.8 Å². The molecular weight excluding hydrogens is 346 g/mol. The number of esters is 1. The Balaban J connectivity index is 1.76. The van der Waals surface area contributed by atoms with Gasteiger partial charge in [0.25, 0.3) is 0 Å². The van der Waals surface area contributed by atoms with Gasteiger partial charge < -0.3 is 20.1 Å². The minimum atomic E-state index is -0.265. The highest BCUT2D eigenvalue weighted by atomic mass is 16.5. The second-order valence-electron chi connectivity index (χ2n) is 5.96. The van der Waals surface area contributed by atoms with Crippen molar-refractivity contribution in [3.63, 3.8) is 0 Å². The van der Waals surface area contributed by atoms with E-state index in [1.807, 2.05) is 31.2 Å². The summed E-state index contributed by atoms with van der Waals surface area (Å²) in [4.78, 5) is 19.8. The molecule has 0 radical (unpaired) electrons.